The summed E-state index contributed by atoms with van der Waals surface area (Å²) in [5.74, 6) is 1.09. The predicted octanol–water partition coefficient (Wildman–Crippen LogP) is -0.463. The molecule has 22 heavy (non-hydrogen) atoms. The van der Waals surface area contributed by atoms with Gasteiger partial charge >= 0.3 is 5.69 Å². The number of imidazole rings is 1. The molecular weight excluding hydrogens is 286 g/mol. The highest BCUT2D eigenvalue weighted by atomic mass is 16.5. The van der Waals surface area contributed by atoms with Gasteiger partial charge in [-0.2, -0.15) is 0 Å². The summed E-state index contributed by atoms with van der Waals surface area (Å²) in [6, 6.07) is 0. The van der Waals surface area contributed by atoms with Crippen LogP contribution in [0.1, 0.15) is 24.6 Å². The quantitative estimate of drug-likeness (QED) is 0.797. The number of rotatable bonds is 4. The smallest absolute Gasteiger partial charge is 0.332 e. The summed E-state index contributed by atoms with van der Waals surface area (Å²) < 4.78 is 7.66. The monoisotopic (exact) mass is 307 g/mol. The van der Waals surface area contributed by atoms with E-state index >= 15 is 0 Å². The van der Waals surface area contributed by atoms with Gasteiger partial charge in [-0.05, 0) is 25.9 Å². The molecule has 2 aromatic heterocycles. The Morgan fingerprint density at radius 3 is 2.73 bits per heavy atom. The summed E-state index contributed by atoms with van der Waals surface area (Å²) in [5.41, 5.74) is 0.129. The summed E-state index contributed by atoms with van der Waals surface area (Å²) in [6.45, 7) is 2.64. The molecule has 2 N–H and O–H groups in total. The van der Waals surface area contributed by atoms with Gasteiger partial charge in [0.15, 0.2) is 5.65 Å². The number of nitrogens with zero attached hydrogens (tertiary/aromatic N) is 3. The molecule has 0 radical (unpaired) electrons. The van der Waals surface area contributed by atoms with E-state index in [-0.39, 0.29) is 11.2 Å². The number of methoxy groups -OCH3 is 1. The van der Waals surface area contributed by atoms with E-state index in [0.717, 1.165) is 36.3 Å². The molecule has 0 unspecified atom stereocenters. The molecule has 8 heteroatoms. The first-order valence-corrected chi connectivity index (χ1v) is 7.52. The zero-order chi connectivity index (χ0) is 15.7. The van der Waals surface area contributed by atoms with Crippen molar-refractivity contribution >= 4 is 11.2 Å². The van der Waals surface area contributed by atoms with E-state index < -0.39 is 0 Å². The van der Waals surface area contributed by atoms with E-state index in [0.29, 0.717) is 30.2 Å². The van der Waals surface area contributed by atoms with Crippen LogP contribution in [0.15, 0.2) is 9.59 Å². The van der Waals surface area contributed by atoms with Crippen LogP contribution in [-0.4, -0.2) is 45.9 Å². The zero-order valence-corrected chi connectivity index (χ0v) is 12.9. The number of hydrogen-bond acceptors (Lipinski definition) is 5. The molecule has 0 saturated carbocycles. The molecule has 1 aliphatic rings. The molecule has 0 spiro atoms. The van der Waals surface area contributed by atoms with E-state index in [1.165, 1.54) is 11.6 Å². The zero-order valence-electron chi connectivity index (χ0n) is 12.9. The second-order valence-corrected chi connectivity index (χ2v) is 5.64. The molecule has 2 aromatic rings. The molecule has 0 atom stereocenters. The minimum atomic E-state index is -0.363. The van der Waals surface area contributed by atoms with Crippen molar-refractivity contribution in [1.29, 1.82) is 0 Å². The van der Waals surface area contributed by atoms with E-state index in [9.17, 15) is 9.59 Å². The minimum Gasteiger partial charge on any atom is -0.383 e. The Balaban J connectivity index is 2.14. The van der Waals surface area contributed by atoms with Crippen molar-refractivity contribution in [2.45, 2.75) is 25.3 Å². The maximum Gasteiger partial charge on any atom is 0.332 e. The number of H-pyrrole nitrogens is 1. The number of piperidine rings is 1. The van der Waals surface area contributed by atoms with E-state index in [1.54, 1.807) is 7.11 Å². The SMILES string of the molecule is COCCn1c(=O)n(C)c(=O)c2[nH]c(C3CCNCC3)nc21. The Morgan fingerprint density at radius 2 is 2.05 bits per heavy atom. The van der Waals surface area contributed by atoms with Crippen LogP contribution in [0.3, 0.4) is 0 Å². The van der Waals surface area contributed by atoms with Gasteiger partial charge in [0.05, 0.1) is 13.2 Å². The number of aromatic amines is 1. The predicted molar refractivity (Wildman–Crippen MR) is 82.3 cm³/mol. The van der Waals surface area contributed by atoms with Gasteiger partial charge in [-0.1, -0.05) is 0 Å². The van der Waals surface area contributed by atoms with Crippen LogP contribution < -0.4 is 16.6 Å². The topological polar surface area (TPSA) is 93.9 Å². The lowest BCUT2D eigenvalue weighted by molar-refractivity contribution is 0.186. The van der Waals surface area contributed by atoms with Crippen LogP contribution in [0.25, 0.3) is 11.2 Å². The van der Waals surface area contributed by atoms with Crippen molar-refractivity contribution in [1.82, 2.24) is 24.4 Å². The van der Waals surface area contributed by atoms with Gasteiger partial charge in [0.25, 0.3) is 5.56 Å². The average molecular weight is 307 g/mol. The first-order valence-electron chi connectivity index (χ1n) is 7.52. The van der Waals surface area contributed by atoms with Gasteiger partial charge in [-0.3, -0.25) is 13.9 Å². The van der Waals surface area contributed by atoms with Crippen LogP contribution >= 0.6 is 0 Å². The Bertz CT molecular complexity index is 782. The van der Waals surface area contributed by atoms with Gasteiger partial charge in [0.2, 0.25) is 0 Å². The van der Waals surface area contributed by atoms with Crippen LogP contribution in [-0.2, 0) is 18.3 Å². The standard InChI is InChI=1S/C14H21N5O3/c1-18-13(20)10-12(19(14(18)21)7-8-22-2)17-11(16-10)9-3-5-15-6-4-9/h9,15H,3-8H2,1-2H3,(H,16,17). The summed E-state index contributed by atoms with van der Waals surface area (Å²) in [4.78, 5) is 32.3. The molecule has 0 amide bonds. The van der Waals surface area contributed by atoms with Crippen molar-refractivity contribution < 1.29 is 4.74 Å². The number of hydrogen-bond donors (Lipinski definition) is 2. The van der Waals surface area contributed by atoms with Gasteiger partial charge in [0, 0.05) is 20.1 Å². The third kappa shape index (κ3) is 2.48. The Morgan fingerprint density at radius 1 is 1.32 bits per heavy atom. The van der Waals surface area contributed by atoms with Gasteiger partial charge < -0.3 is 15.0 Å². The number of aromatic nitrogens is 4. The highest BCUT2D eigenvalue weighted by Crippen LogP contribution is 2.23. The fourth-order valence-electron chi connectivity index (χ4n) is 2.93. The number of ether oxygens (including phenoxy) is 1. The first-order chi connectivity index (χ1) is 10.6. The largest absolute Gasteiger partial charge is 0.383 e. The lowest BCUT2D eigenvalue weighted by atomic mass is 9.98. The molecule has 1 aliphatic heterocycles. The van der Waals surface area contributed by atoms with E-state index in [2.05, 4.69) is 15.3 Å². The minimum absolute atomic E-state index is 0.296. The highest BCUT2D eigenvalue weighted by molar-refractivity contribution is 5.70. The van der Waals surface area contributed by atoms with Crippen LogP contribution in [0.4, 0.5) is 0 Å². The van der Waals surface area contributed by atoms with Crippen molar-refractivity contribution in [3.8, 4) is 0 Å². The van der Waals surface area contributed by atoms with Crippen molar-refractivity contribution in [3.63, 3.8) is 0 Å². The average Bonchev–Trinajstić information content (AvgIpc) is 2.99. The fraction of sp³-hybridized carbons (Fsp3) is 0.643. The Labute approximate surface area is 127 Å². The molecule has 0 bridgehead atoms. The molecule has 8 nitrogen and oxygen atoms in total. The highest BCUT2D eigenvalue weighted by Gasteiger charge is 2.22. The molecule has 3 rings (SSSR count). The summed E-state index contributed by atoms with van der Waals surface area (Å²) in [5, 5.41) is 3.31. The fourth-order valence-corrected chi connectivity index (χ4v) is 2.93. The Kier molecular flexibility index (Phi) is 4.12. The van der Waals surface area contributed by atoms with E-state index in [4.69, 9.17) is 4.74 Å². The summed E-state index contributed by atoms with van der Waals surface area (Å²) in [7, 11) is 3.06. The molecule has 1 fully saturated rings. The van der Waals surface area contributed by atoms with Crippen molar-refractivity contribution in [3.05, 3.63) is 26.7 Å². The van der Waals surface area contributed by atoms with Gasteiger partial charge in [-0.15, -0.1) is 0 Å². The first kappa shape index (κ1) is 15.0. The lowest BCUT2D eigenvalue weighted by Gasteiger charge is -2.20. The summed E-state index contributed by atoms with van der Waals surface area (Å²) >= 11 is 0. The maximum absolute atomic E-state index is 12.3. The lowest BCUT2D eigenvalue weighted by Crippen LogP contribution is -2.38. The molecule has 0 aromatic carbocycles. The molecule has 120 valence electrons. The maximum atomic E-state index is 12.3. The molecule has 1 saturated heterocycles. The molecule has 0 aliphatic carbocycles. The second kappa shape index (κ2) is 6.05. The normalized spacial score (nSPS) is 16.5. The van der Waals surface area contributed by atoms with Crippen LogP contribution in [0.5, 0.6) is 0 Å². The molecule has 3 heterocycles. The Hall–Kier alpha value is -1.93. The van der Waals surface area contributed by atoms with Gasteiger partial charge in [0.1, 0.15) is 11.3 Å². The van der Waals surface area contributed by atoms with Gasteiger partial charge in [-0.25, -0.2) is 9.78 Å². The summed E-state index contributed by atoms with van der Waals surface area (Å²) in [6.07, 6.45) is 1.95. The number of fused-ring (bicyclic) bond motifs is 1. The van der Waals surface area contributed by atoms with Crippen molar-refractivity contribution in [2.24, 2.45) is 7.05 Å². The van der Waals surface area contributed by atoms with Crippen LogP contribution in [0.2, 0.25) is 0 Å². The van der Waals surface area contributed by atoms with Crippen molar-refractivity contribution in [2.75, 3.05) is 26.8 Å². The van der Waals surface area contributed by atoms with Crippen LogP contribution in [0, 0.1) is 0 Å². The number of nitrogens with one attached hydrogen (secondary N) is 2. The third-order valence-corrected chi connectivity index (χ3v) is 4.24. The second-order valence-electron chi connectivity index (χ2n) is 5.64. The van der Waals surface area contributed by atoms with E-state index in [1.807, 2.05) is 0 Å². The third-order valence-electron chi connectivity index (χ3n) is 4.24. The molecular formula is C14H21N5O3.